The molecule has 5 heteroatoms. The van der Waals surface area contributed by atoms with E-state index in [4.69, 9.17) is 10.9 Å². The molecule has 4 N–H and O–H groups in total. The minimum absolute atomic E-state index is 0.0482. The van der Waals surface area contributed by atoms with Crippen LogP contribution >= 0.6 is 0 Å². The summed E-state index contributed by atoms with van der Waals surface area (Å²) in [6.45, 7) is 6.13. The predicted octanol–water partition coefficient (Wildman–Crippen LogP) is 1.99. The number of oxime groups is 1. The van der Waals surface area contributed by atoms with Crippen LogP contribution in [-0.4, -0.2) is 22.5 Å². The Morgan fingerprint density at radius 1 is 1.39 bits per heavy atom. The lowest BCUT2D eigenvalue weighted by Crippen LogP contribution is -2.55. The van der Waals surface area contributed by atoms with Crippen molar-refractivity contribution in [2.45, 2.75) is 64.8 Å². The first kappa shape index (κ1) is 14.8. The number of nitrogens with two attached hydrogens (primary N) is 1. The Morgan fingerprint density at radius 3 is 2.28 bits per heavy atom. The molecule has 1 aliphatic carbocycles. The molecule has 0 atom stereocenters. The molecule has 0 aromatic rings. The molecule has 0 heterocycles. The molecule has 104 valence electrons. The van der Waals surface area contributed by atoms with E-state index in [1.807, 2.05) is 6.92 Å². The minimum atomic E-state index is -0.805. The minimum Gasteiger partial charge on any atom is -0.409 e. The third-order valence-corrected chi connectivity index (χ3v) is 4.47. The number of amidine groups is 1. The van der Waals surface area contributed by atoms with Gasteiger partial charge in [0.05, 0.1) is 0 Å². The Morgan fingerprint density at radius 2 is 1.89 bits per heavy atom. The highest BCUT2D eigenvalue weighted by molar-refractivity contribution is 6.07. The van der Waals surface area contributed by atoms with E-state index in [0.29, 0.717) is 12.8 Å². The van der Waals surface area contributed by atoms with E-state index in [1.165, 1.54) is 0 Å². The van der Waals surface area contributed by atoms with Crippen LogP contribution in [0.3, 0.4) is 0 Å². The highest BCUT2D eigenvalue weighted by Crippen LogP contribution is 2.39. The monoisotopic (exact) mass is 255 g/mol. The zero-order valence-corrected chi connectivity index (χ0v) is 11.6. The van der Waals surface area contributed by atoms with E-state index in [1.54, 1.807) is 0 Å². The van der Waals surface area contributed by atoms with Gasteiger partial charge in [0.2, 0.25) is 5.91 Å². The Labute approximate surface area is 109 Å². The van der Waals surface area contributed by atoms with Gasteiger partial charge in [0.15, 0.2) is 5.84 Å². The molecule has 1 fully saturated rings. The third-order valence-electron chi connectivity index (χ3n) is 4.47. The topological polar surface area (TPSA) is 87.7 Å². The average molecular weight is 255 g/mol. The Balaban J connectivity index is 2.92. The molecule has 18 heavy (non-hydrogen) atoms. The fraction of sp³-hybridized carbons (Fsp3) is 0.846. The van der Waals surface area contributed by atoms with Crippen LogP contribution in [0.2, 0.25) is 0 Å². The molecule has 0 radical (unpaired) electrons. The lowest BCUT2D eigenvalue weighted by Gasteiger charge is -2.34. The third kappa shape index (κ3) is 2.60. The maximum atomic E-state index is 12.5. The van der Waals surface area contributed by atoms with Gasteiger partial charge >= 0.3 is 0 Å². The van der Waals surface area contributed by atoms with E-state index < -0.39 is 5.41 Å². The van der Waals surface area contributed by atoms with Gasteiger partial charge in [-0.1, -0.05) is 31.8 Å². The molecular formula is C13H25N3O2. The van der Waals surface area contributed by atoms with Crippen LogP contribution in [0.15, 0.2) is 5.16 Å². The Hall–Kier alpha value is -1.26. The summed E-state index contributed by atoms with van der Waals surface area (Å²) < 4.78 is 0. The first-order valence-corrected chi connectivity index (χ1v) is 6.74. The first-order chi connectivity index (χ1) is 8.44. The van der Waals surface area contributed by atoms with Gasteiger partial charge in [-0.3, -0.25) is 4.79 Å². The van der Waals surface area contributed by atoms with Gasteiger partial charge in [0, 0.05) is 5.54 Å². The number of carbonyl (C=O) groups excluding carboxylic acids is 1. The molecular weight excluding hydrogens is 230 g/mol. The first-order valence-electron chi connectivity index (χ1n) is 6.74. The number of hydrogen-bond donors (Lipinski definition) is 3. The highest BCUT2D eigenvalue weighted by atomic mass is 16.4. The summed E-state index contributed by atoms with van der Waals surface area (Å²) >= 11 is 0. The van der Waals surface area contributed by atoms with Crippen LogP contribution in [-0.2, 0) is 4.79 Å². The second-order valence-electron chi connectivity index (χ2n) is 5.50. The lowest BCUT2D eigenvalue weighted by molar-refractivity contribution is -0.129. The Kier molecular flexibility index (Phi) is 4.59. The van der Waals surface area contributed by atoms with E-state index in [2.05, 4.69) is 24.3 Å². The van der Waals surface area contributed by atoms with Gasteiger partial charge in [-0.2, -0.15) is 0 Å². The molecule has 1 amide bonds. The summed E-state index contributed by atoms with van der Waals surface area (Å²) in [5.74, 6) is -0.0476. The molecule has 1 aliphatic rings. The number of carbonyl (C=O) groups is 1. The van der Waals surface area contributed by atoms with E-state index in [9.17, 15) is 4.79 Å². The van der Waals surface area contributed by atoms with Crippen molar-refractivity contribution >= 4 is 11.7 Å². The summed E-state index contributed by atoms with van der Waals surface area (Å²) in [5.41, 5.74) is 4.73. The summed E-state index contributed by atoms with van der Waals surface area (Å²) in [5, 5.41) is 15.1. The van der Waals surface area contributed by atoms with E-state index >= 15 is 0 Å². The fourth-order valence-electron chi connectivity index (χ4n) is 2.49. The molecule has 1 rings (SSSR count). The molecule has 1 saturated carbocycles. The van der Waals surface area contributed by atoms with E-state index in [0.717, 1.165) is 25.7 Å². The number of hydrogen-bond acceptors (Lipinski definition) is 3. The van der Waals surface area contributed by atoms with Crippen molar-refractivity contribution in [3.05, 3.63) is 0 Å². The quantitative estimate of drug-likeness (QED) is 0.304. The highest BCUT2D eigenvalue weighted by Gasteiger charge is 2.46. The van der Waals surface area contributed by atoms with Crippen LogP contribution in [0, 0.1) is 5.41 Å². The lowest BCUT2D eigenvalue weighted by atomic mass is 9.82. The molecule has 0 aromatic carbocycles. The van der Waals surface area contributed by atoms with Crippen molar-refractivity contribution < 1.29 is 10.0 Å². The largest absolute Gasteiger partial charge is 0.409 e. The maximum Gasteiger partial charge on any atom is 0.234 e. The van der Waals surface area contributed by atoms with Crippen molar-refractivity contribution in [2.75, 3.05) is 0 Å². The maximum absolute atomic E-state index is 12.5. The number of nitrogens with zero attached hydrogens (tertiary/aromatic N) is 1. The normalized spacial score (nSPS) is 19.8. The molecule has 0 aliphatic heterocycles. The number of rotatable bonds is 5. The standard InChI is InChI=1S/C13H25N3O2/c1-4-12(3,5-2)15-11(17)13(10(14)16-18)8-6-7-9-13/h18H,4-9H2,1-3H3,(H2,14,16)(H,15,17). The van der Waals surface area contributed by atoms with Crippen molar-refractivity contribution in [2.24, 2.45) is 16.3 Å². The van der Waals surface area contributed by atoms with Gasteiger partial charge in [0.1, 0.15) is 5.41 Å². The number of amides is 1. The Bertz CT molecular complexity index is 329. The van der Waals surface area contributed by atoms with Crippen LogP contribution in [0.4, 0.5) is 0 Å². The smallest absolute Gasteiger partial charge is 0.234 e. The van der Waals surface area contributed by atoms with Crippen LogP contribution < -0.4 is 11.1 Å². The summed E-state index contributed by atoms with van der Waals surface area (Å²) in [4.78, 5) is 12.5. The molecule has 5 nitrogen and oxygen atoms in total. The SMILES string of the molecule is CCC(C)(CC)NC(=O)C1(C(N)=NO)CCCC1. The average Bonchev–Trinajstić information content (AvgIpc) is 2.88. The van der Waals surface area contributed by atoms with Crippen molar-refractivity contribution in [1.82, 2.24) is 5.32 Å². The molecule has 0 saturated heterocycles. The zero-order valence-electron chi connectivity index (χ0n) is 11.6. The predicted molar refractivity (Wildman–Crippen MR) is 71.4 cm³/mol. The molecule has 0 aromatic heterocycles. The molecule has 0 spiro atoms. The van der Waals surface area contributed by atoms with Crippen LogP contribution in [0.5, 0.6) is 0 Å². The number of nitrogens with one attached hydrogen (secondary N) is 1. The molecule has 0 unspecified atom stereocenters. The summed E-state index contributed by atoms with van der Waals surface area (Å²) in [7, 11) is 0. The van der Waals surface area contributed by atoms with E-state index in [-0.39, 0.29) is 17.3 Å². The van der Waals surface area contributed by atoms with Crippen molar-refractivity contribution in [1.29, 1.82) is 0 Å². The second kappa shape index (κ2) is 5.59. The molecule has 0 bridgehead atoms. The zero-order chi connectivity index (χ0) is 13.8. The van der Waals surface area contributed by atoms with Crippen LogP contribution in [0.1, 0.15) is 59.3 Å². The van der Waals surface area contributed by atoms with Crippen LogP contribution in [0.25, 0.3) is 0 Å². The fourth-order valence-corrected chi connectivity index (χ4v) is 2.49. The van der Waals surface area contributed by atoms with Gasteiger partial charge in [0.25, 0.3) is 0 Å². The van der Waals surface area contributed by atoms with Gasteiger partial charge in [-0.25, -0.2) is 0 Å². The second-order valence-corrected chi connectivity index (χ2v) is 5.50. The van der Waals surface area contributed by atoms with Gasteiger partial charge < -0.3 is 16.3 Å². The van der Waals surface area contributed by atoms with Gasteiger partial charge in [-0.15, -0.1) is 0 Å². The van der Waals surface area contributed by atoms with Gasteiger partial charge in [-0.05, 0) is 32.6 Å². The summed E-state index contributed by atoms with van der Waals surface area (Å²) in [6.07, 6.45) is 4.94. The van der Waals surface area contributed by atoms with Crippen molar-refractivity contribution in [3.8, 4) is 0 Å². The summed E-state index contributed by atoms with van der Waals surface area (Å²) in [6, 6.07) is 0. The van der Waals surface area contributed by atoms with Crippen molar-refractivity contribution in [3.63, 3.8) is 0 Å².